The highest BCUT2D eigenvalue weighted by atomic mass is 32.2. The number of rotatable bonds is 2. The number of pyridine rings is 1. The van der Waals surface area contributed by atoms with Gasteiger partial charge in [-0.3, -0.25) is 4.21 Å². The number of aromatic nitrogens is 1. The number of nitrogens with zero attached hydrogens (tertiary/aromatic N) is 1. The van der Waals surface area contributed by atoms with E-state index >= 15 is 0 Å². The van der Waals surface area contributed by atoms with Crippen LogP contribution in [0.25, 0.3) is 0 Å². The maximum absolute atomic E-state index is 13.3. The van der Waals surface area contributed by atoms with E-state index < -0.39 is 35.1 Å². The van der Waals surface area contributed by atoms with Crippen LogP contribution in [0.15, 0.2) is 17.0 Å². The largest absolute Gasteiger partial charge is 0.515 e. The molecule has 0 aliphatic carbocycles. The van der Waals surface area contributed by atoms with E-state index in [0.29, 0.717) is 4.90 Å². The smallest absolute Gasteiger partial charge is 0.398 e. The Labute approximate surface area is 115 Å². The first-order valence-electron chi connectivity index (χ1n) is 5.99. The Bertz CT molecular complexity index is 520. The Kier molecular flexibility index (Phi) is 3.57. The third kappa shape index (κ3) is 2.59. The quantitative estimate of drug-likeness (QED) is 0.606. The van der Waals surface area contributed by atoms with Gasteiger partial charge in [0.25, 0.3) is 0 Å². The van der Waals surface area contributed by atoms with Crippen molar-refractivity contribution in [2.75, 3.05) is 6.26 Å². The molecule has 0 radical (unpaired) electrons. The summed E-state index contributed by atoms with van der Waals surface area (Å²) in [6, 6.07) is 2.64. The van der Waals surface area contributed by atoms with Gasteiger partial charge in [-0.1, -0.05) is 0 Å². The summed E-state index contributed by atoms with van der Waals surface area (Å²) < 4.78 is 36.6. The Morgan fingerprint density at radius 3 is 2.21 bits per heavy atom. The Morgan fingerprint density at radius 1 is 1.21 bits per heavy atom. The first-order valence-corrected chi connectivity index (χ1v) is 7.55. The monoisotopic (exact) mass is 285 g/mol. The number of hydrogen-bond acceptors (Lipinski definition) is 4. The molecule has 7 heteroatoms. The third-order valence-corrected chi connectivity index (χ3v) is 4.60. The van der Waals surface area contributed by atoms with Gasteiger partial charge in [-0.05, 0) is 39.8 Å². The van der Waals surface area contributed by atoms with Gasteiger partial charge in [-0.25, -0.2) is 4.98 Å². The van der Waals surface area contributed by atoms with Crippen molar-refractivity contribution in [3.8, 4) is 0 Å². The normalized spacial score (nSPS) is 22.5. The van der Waals surface area contributed by atoms with E-state index in [1.165, 1.54) is 18.4 Å². The highest BCUT2D eigenvalue weighted by molar-refractivity contribution is 7.84. The molecule has 1 fully saturated rings. The maximum atomic E-state index is 13.3. The van der Waals surface area contributed by atoms with Crippen molar-refractivity contribution in [3.63, 3.8) is 0 Å². The SMILES string of the molecule is CS(=O)c1ccc(F)nc1B1OC(C)(C)C(C)(C)O1. The molecule has 0 spiro atoms. The topological polar surface area (TPSA) is 48.4 Å². The zero-order chi connectivity index (χ0) is 14.4. The van der Waals surface area contributed by atoms with Gasteiger partial charge >= 0.3 is 7.12 Å². The summed E-state index contributed by atoms with van der Waals surface area (Å²) in [5.74, 6) is -0.640. The average Bonchev–Trinajstić information content (AvgIpc) is 2.47. The summed E-state index contributed by atoms with van der Waals surface area (Å²) in [6.45, 7) is 7.59. The molecule has 0 N–H and O–H groups in total. The molecule has 104 valence electrons. The highest BCUT2D eigenvalue weighted by Crippen LogP contribution is 2.36. The first kappa shape index (κ1) is 14.6. The predicted molar refractivity (Wildman–Crippen MR) is 72.2 cm³/mol. The van der Waals surface area contributed by atoms with Crippen molar-refractivity contribution in [2.24, 2.45) is 0 Å². The van der Waals surface area contributed by atoms with Gasteiger partial charge in [-0.15, -0.1) is 0 Å². The lowest BCUT2D eigenvalue weighted by Crippen LogP contribution is -2.41. The van der Waals surface area contributed by atoms with E-state index in [-0.39, 0.29) is 5.59 Å². The number of halogens is 1. The zero-order valence-corrected chi connectivity index (χ0v) is 12.5. The lowest BCUT2D eigenvalue weighted by Gasteiger charge is -2.32. The molecule has 0 aromatic carbocycles. The molecule has 2 rings (SSSR count). The second-order valence-corrected chi connectivity index (χ2v) is 6.91. The molecule has 0 saturated carbocycles. The van der Waals surface area contributed by atoms with Crippen LogP contribution in [0.3, 0.4) is 0 Å². The summed E-state index contributed by atoms with van der Waals surface area (Å²) in [6.07, 6.45) is 1.52. The summed E-state index contributed by atoms with van der Waals surface area (Å²) in [5.41, 5.74) is -0.837. The molecule has 1 unspecified atom stereocenters. The molecule has 1 aliphatic rings. The molecule has 1 atom stereocenters. The standard InChI is InChI=1S/C12H17BFNO3S/c1-11(2)12(3,4)18-13(17-11)10-8(19(5)16)6-7-9(14)15-10/h6-7H,1-5H3. The molecule has 1 aromatic heterocycles. The lowest BCUT2D eigenvalue weighted by molar-refractivity contribution is 0.00578. The molecule has 0 bridgehead atoms. The minimum Gasteiger partial charge on any atom is -0.398 e. The molecule has 2 heterocycles. The molecular weight excluding hydrogens is 268 g/mol. The number of hydrogen-bond donors (Lipinski definition) is 0. The van der Waals surface area contributed by atoms with E-state index in [9.17, 15) is 8.60 Å². The minimum absolute atomic E-state index is 0.250. The minimum atomic E-state index is -1.28. The average molecular weight is 285 g/mol. The summed E-state index contributed by atoms with van der Waals surface area (Å²) in [4.78, 5) is 4.23. The van der Waals surface area contributed by atoms with Crippen LogP contribution in [0.1, 0.15) is 27.7 Å². The van der Waals surface area contributed by atoms with Crippen LogP contribution in [-0.2, 0) is 20.1 Å². The van der Waals surface area contributed by atoms with E-state index in [0.717, 1.165) is 0 Å². The van der Waals surface area contributed by atoms with Crippen LogP contribution in [0.4, 0.5) is 4.39 Å². The van der Waals surface area contributed by atoms with Gasteiger partial charge in [0.05, 0.1) is 32.5 Å². The van der Waals surface area contributed by atoms with Crippen molar-refractivity contribution in [1.82, 2.24) is 4.98 Å². The van der Waals surface area contributed by atoms with Crippen LogP contribution in [0.2, 0.25) is 0 Å². The molecule has 0 amide bonds. The van der Waals surface area contributed by atoms with Crippen molar-refractivity contribution in [2.45, 2.75) is 43.8 Å². The summed E-state index contributed by atoms with van der Waals surface area (Å²) in [7, 11) is -2.09. The van der Waals surface area contributed by atoms with Crippen molar-refractivity contribution in [3.05, 3.63) is 18.1 Å². The van der Waals surface area contributed by atoms with Gasteiger partial charge < -0.3 is 9.31 Å². The van der Waals surface area contributed by atoms with E-state index in [1.807, 2.05) is 27.7 Å². The Hall–Kier alpha value is -0.785. The van der Waals surface area contributed by atoms with Crippen molar-refractivity contribution in [1.29, 1.82) is 0 Å². The second-order valence-electron chi connectivity index (χ2n) is 5.56. The molecule has 4 nitrogen and oxygen atoms in total. The van der Waals surface area contributed by atoms with Crippen LogP contribution in [0.5, 0.6) is 0 Å². The van der Waals surface area contributed by atoms with Gasteiger partial charge in [0.15, 0.2) is 0 Å². The second kappa shape index (κ2) is 4.65. The fourth-order valence-electron chi connectivity index (χ4n) is 1.80. The van der Waals surface area contributed by atoms with E-state index in [4.69, 9.17) is 9.31 Å². The third-order valence-electron chi connectivity index (χ3n) is 3.64. The molecule has 1 saturated heterocycles. The Balaban J connectivity index is 2.44. The van der Waals surface area contributed by atoms with Gasteiger partial charge in [0, 0.05) is 6.26 Å². The van der Waals surface area contributed by atoms with Gasteiger partial charge in [-0.2, -0.15) is 4.39 Å². The maximum Gasteiger partial charge on any atom is 0.515 e. The first-order chi connectivity index (χ1) is 8.64. The molecular formula is C12H17BFNO3S. The summed E-state index contributed by atoms with van der Waals surface area (Å²) >= 11 is 0. The lowest BCUT2D eigenvalue weighted by atomic mass is 9.84. The van der Waals surface area contributed by atoms with Crippen LogP contribution in [-0.4, -0.2) is 33.8 Å². The van der Waals surface area contributed by atoms with Crippen LogP contribution in [0, 0.1) is 5.95 Å². The predicted octanol–water partition coefficient (Wildman–Crippen LogP) is 1.26. The van der Waals surface area contributed by atoms with E-state index in [1.54, 1.807) is 0 Å². The Morgan fingerprint density at radius 2 is 1.74 bits per heavy atom. The van der Waals surface area contributed by atoms with Gasteiger partial charge in [0.1, 0.15) is 0 Å². The molecule has 1 aliphatic heterocycles. The summed E-state index contributed by atoms with van der Waals surface area (Å²) in [5, 5.41) is 0. The fraction of sp³-hybridized carbons (Fsp3) is 0.583. The van der Waals surface area contributed by atoms with Crippen molar-refractivity contribution < 1.29 is 17.9 Å². The van der Waals surface area contributed by atoms with Crippen molar-refractivity contribution >= 4 is 23.5 Å². The molecule has 19 heavy (non-hydrogen) atoms. The zero-order valence-electron chi connectivity index (χ0n) is 11.7. The molecule has 1 aromatic rings. The van der Waals surface area contributed by atoms with Crippen LogP contribution >= 0.6 is 0 Å². The van der Waals surface area contributed by atoms with E-state index in [2.05, 4.69) is 4.98 Å². The van der Waals surface area contributed by atoms with Gasteiger partial charge in [0.2, 0.25) is 5.95 Å². The van der Waals surface area contributed by atoms with Crippen LogP contribution < -0.4 is 5.59 Å². The fourth-order valence-corrected chi connectivity index (χ4v) is 2.50. The highest BCUT2D eigenvalue weighted by Gasteiger charge is 2.53.